The van der Waals surface area contributed by atoms with Gasteiger partial charge in [-0.05, 0) is 50.4 Å². The molecule has 3 heteroatoms. The molecule has 116 valence electrons. The number of piperidine rings is 1. The Morgan fingerprint density at radius 2 is 1.95 bits per heavy atom. The van der Waals surface area contributed by atoms with Crippen molar-refractivity contribution in [2.45, 2.75) is 31.2 Å². The molecule has 0 amide bonds. The van der Waals surface area contributed by atoms with Crippen LogP contribution < -0.4 is 5.32 Å². The predicted octanol–water partition coefficient (Wildman–Crippen LogP) is 2.49. The van der Waals surface area contributed by atoms with E-state index in [-0.39, 0.29) is 0 Å². The standard InChI is InChI=1S/C18H28N2O/c1-21-12-11-20-9-7-15(8-10-20)14-19-18-13-17(18)16-5-3-2-4-6-16/h2-6,15,17-19H,7-14H2,1H3/t17-,18+/m0/s1. The Morgan fingerprint density at radius 1 is 1.19 bits per heavy atom. The molecule has 0 radical (unpaired) electrons. The van der Waals surface area contributed by atoms with E-state index in [1.807, 2.05) is 0 Å². The number of likely N-dealkylation sites (tertiary alicyclic amines) is 1. The first-order valence-corrected chi connectivity index (χ1v) is 8.36. The summed E-state index contributed by atoms with van der Waals surface area (Å²) >= 11 is 0. The van der Waals surface area contributed by atoms with Gasteiger partial charge in [-0.3, -0.25) is 0 Å². The summed E-state index contributed by atoms with van der Waals surface area (Å²) in [4.78, 5) is 2.53. The molecular formula is C18H28N2O. The molecule has 0 unspecified atom stereocenters. The Kier molecular flexibility index (Phi) is 5.28. The van der Waals surface area contributed by atoms with E-state index < -0.39 is 0 Å². The summed E-state index contributed by atoms with van der Waals surface area (Å²) in [6, 6.07) is 11.7. The molecule has 0 spiro atoms. The minimum atomic E-state index is 0.721. The van der Waals surface area contributed by atoms with E-state index in [4.69, 9.17) is 4.74 Å². The highest BCUT2D eigenvalue weighted by molar-refractivity contribution is 5.27. The fraction of sp³-hybridized carbons (Fsp3) is 0.667. The molecule has 1 heterocycles. The number of hydrogen-bond donors (Lipinski definition) is 1. The van der Waals surface area contributed by atoms with E-state index in [9.17, 15) is 0 Å². The van der Waals surface area contributed by atoms with Crippen LogP contribution in [0.1, 0.15) is 30.7 Å². The van der Waals surface area contributed by atoms with Crippen LogP contribution in [0.2, 0.25) is 0 Å². The topological polar surface area (TPSA) is 24.5 Å². The quantitative estimate of drug-likeness (QED) is 0.834. The lowest BCUT2D eigenvalue weighted by molar-refractivity contribution is 0.120. The molecule has 2 atom stereocenters. The van der Waals surface area contributed by atoms with Gasteiger partial charge in [0.1, 0.15) is 0 Å². The van der Waals surface area contributed by atoms with Gasteiger partial charge in [-0.25, -0.2) is 0 Å². The van der Waals surface area contributed by atoms with Crippen molar-refractivity contribution < 1.29 is 4.74 Å². The number of rotatable bonds is 7. The number of ether oxygens (including phenoxy) is 1. The lowest BCUT2D eigenvalue weighted by atomic mass is 9.97. The minimum absolute atomic E-state index is 0.721. The SMILES string of the molecule is COCCN1CCC(CN[C@@H]2C[C@H]2c2ccccc2)CC1. The second kappa shape index (κ2) is 7.39. The van der Waals surface area contributed by atoms with Crippen LogP contribution in [0.4, 0.5) is 0 Å². The van der Waals surface area contributed by atoms with Crippen LogP contribution in [0.25, 0.3) is 0 Å². The molecule has 1 aromatic rings. The van der Waals surface area contributed by atoms with Crippen molar-refractivity contribution in [1.82, 2.24) is 10.2 Å². The third kappa shape index (κ3) is 4.29. The monoisotopic (exact) mass is 288 g/mol. The molecule has 2 aliphatic rings. The molecule has 1 aliphatic heterocycles. The van der Waals surface area contributed by atoms with Crippen LogP contribution in [-0.2, 0) is 4.74 Å². The first-order valence-electron chi connectivity index (χ1n) is 8.36. The van der Waals surface area contributed by atoms with Crippen molar-refractivity contribution in [3.63, 3.8) is 0 Å². The van der Waals surface area contributed by atoms with Gasteiger partial charge >= 0.3 is 0 Å². The minimum Gasteiger partial charge on any atom is -0.383 e. The summed E-state index contributed by atoms with van der Waals surface area (Å²) in [7, 11) is 1.79. The van der Waals surface area contributed by atoms with Gasteiger partial charge in [-0.15, -0.1) is 0 Å². The van der Waals surface area contributed by atoms with Gasteiger partial charge in [0.2, 0.25) is 0 Å². The van der Waals surface area contributed by atoms with Gasteiger partial charge < -0.3 is 15.0 Å². The number of methoxy groups -OCH3 is 1. The normalized spacial score (nSPS) is 26.9. The summed E-state index contributed by atoms with van der Waals surface area (Å²) in [6.07, 6.45) is 3.98. The Hall–Kier alpha value is -0.900. The lowest BCUT2D eigenvalue weighted by Crippen LogP contribution is -2.39. The van der Waals surface area contributed by atoms with Gasteiger partial charge in [0.15, 0.2) is 0 Å². The predicted molar refractivity (Wildman–Crippen MR) is 86.6 cm³/mol. The summed E-state index contributed by atoms with van der Waals surface area (Å²) in [5, 5.41) is 3.79. The highest BCUT2D eigenvalue weighted by Crippen LogP contribution is 2.40. The molecule has 2 fully saturated rings. The molecule has 1 aliphatic carbocycles. The Labute approximate surface area is 128 Å². The van der Waals surface area contributed by atoms with E-state index in [0.29, 0.717) is 0 Å². The molecule has 1 saturated heterocycles. The maximum absolute atomic E-state index is 5.16. The van der Waals surface area contributed by atoms with Crippen molar-refractivity contribution in [3.8, 4) is 0 Å². The van der Waals surface area contributed by atoms with E-state index >= 15 is 0 Å². The maximum Gasteiger partial charge on any atom is 0.0589 e. The maximum atomic E-state index is 5.16. The largest absolute Gasteiger partial charge is 0.383 e. The highest BCUT2D eigenvalue weighted by Gasteiger charge is 2.38. The molecule has 3 nitrogen and oxygen atoms in total. The fourth-order valence-corrected chi connectivity index (χ4v) is 3.44. The van der Waals surface area contributed by atoms with E-state index in [1.165, 1.54) is 44.5 Å². The molecule has 1 saturated carbocycles. The molecule has 0 aromatic heterocycles. The second-order valence-corrected chi connectivity index (χ2v) is 6.55. The molecule has 3 rings (SSSR count). The third-order valence-corrected chi connectivity index (χ3v) is 5.01. The van der Waals surface area contributed by atoms with Crippen LogP contribution in [-0.4, -0.2) is 50.8 Å². The van der Waals surface area contributed by atoms with Gasteiger partial charge in [-0.1, -0.05) is 30.3 Å². The molecular weight excluding hydrogens is 260 g/mol. The van der Waals surface area contributed by atoms with Crippen molar-refractivity contribution in [3.05, 3.63) is 35.9 Å². The number of nitrogens with zero attached hydrogens (tertiary/aromatic N) is 1. The zero-order chi connectivity index (χ0) is 14.5. The Balaban J connectivity index is 1.33. The van der Waals surface area contributed by atoms with E-state index in [2.05, 4.69) is 40.5 Å². The number of nitrogens with one attached hydrogen (secondary N) is 1. The average Bonchev–Trinajstić information content (AvgIpc) is 3.32. The summed E-state index contributed by atoms with van der Waals surface area (Å²) in [5.74, 6) is 1.62. The number of benzene rings is 1. The zero-order valence-corrected chi connectivity index (χ0v) is 13.1. The first kappa shape index (κ1) is 15.0. The summed E-state index contributed by atoms with van der Waals surface area (Å²) in [6.45, 7) is 5.64. The van der Waals surface area contributed by atoms with Gasteiger partial charge in [-0.2, -0.15) is 0 Å². The van der Waals surface area contributed by atoms with Crippen molar-refractivity contribution in [2.24, 2.45) is 5.92 Å². The second-order valence-electron chi connectivity index (χ2n) is 6.55. The summed E-state index contributed by atoms with van der Waals surface area (Å²) < 4.78 is 5.16. The molecule has 0 bridgehead atoms. The van der Waals surface area contributed by atoms with Gasteiger partial charge in [0.25, 0.3) is 0 Å². The fourth-order valence-electron chi connectivity index (χ4n) is 3.44. The van der Waals surface area contributed by atoms with Crippen LogP contribution >= 0.6 is 0 Å². The van der Waals surface area contributed by atoms with Crippen molar-refractivity contribution >= 4 is 0 Å². The first-order chi connectivity index (χ1) is 10.4. The average molecular weight is 288 g/mol. The number of hydrogen-bond acceptors (Lipinski definition) is 3. The van der Waals surface area contributed by atoms with Gasteiger partial charge in [0.05, 0.1) is 6.61 Å². The van der Waals surface area contributed by atoms with Crippen LogP contribution in [0.5, 0.6) is 0 Å². The smallest absolute Gasteiger partial charge is 0.0589 e. The third-order valence-electron chi connectivity index (χ3n) is 5.01. The lowest BCUT2D eigenvalue weighted by Gasteiger charge is -2.31. The molecule has 1 N–H and O–H groups in total. The van der Waals surface area contributed by atoms with Crippen LogP contribution in [0.3, 0.4) is 0 Å². The highest BCUT2D eigenvalue weighted by atomic mass is 16.5. The van der Waals surface area contributed by atoms with Gasteiger partial charge in [0, 0.05) is 25.6 Å². The van der Waals surface area contributed by atoms with Crippen LogP contribution in [0.15, 0.2) is 30.3 Å². The molecule has 21 heavy (non-hydrogen) atoms. The zero-order valence-electron chi connectivity index (χ0n) is 13.1. The Morgan fingerprint density at radius 3 is 2.67 bits per heavy atom. The van der Waals surface area contributed by atoms with Crippen LogP contribution in [0, 0.1) is 5.92 Å². The van der Waals surface area contributed by atoms with E-state index in [1.54, 1.807) is 7.11 Å². The Bertz CT molecular complexity index is 414. The molecule has 1 aromatic carbocycles. The van der Waals surface area contributed by atoms with Crippen molar-refractivity contribution in [1.29, 1.82) is 0 Å². The van der Waals surface area contributed by atoms with E-state index in [0.717, 1.165) is 31.0 Å². The summed E-state index contributed by atoms with van der Waals surface area (Å²) in [5.41, 5.74) is 1.50. The van der Waals surface area contributed by atoms with Crippen molar-refractivity contribution in [2.75, 3.05) is 39.9 Å².